The molecule has 0 aliphatic rings. The quantitative estimate of drug-likeness (QED) is 0.329. The number of aliphatic carboxylic acids is 4. The maximum Gasteiger partial charge on any atom is 0.300 e. The van der Waals surface area contributed by atoms with Gasteiger partial charge < -0.3 is 37.0 Å². The highest BCUT2D eigenvalue weighted by Crippen LogP contribution is 1.79. The van der Waals surface area contributed by atoms with Gasteiger partial charge in [0.1, 0.15) is 0 Å². The molecule has 0 rings (SSSR count). The van der Waals surface area contributed by atoms with Crippen molar-refractivity contribution in [2.24, 2.45) is 11.5 Å². The van der Waals surface area contributed by atoms with Crippen molar-refractivity contribution in [2.75, 3.05) is 13.2 Å². The van der Waals surface area contributed by atoms with E-state index in [-0.39, 0.29) is 12.6 Å². The van der Waals surface area contributed by atoms with E-state index < -0.39 is 23.9 Å². The van der Waals surface area contributed by atoms with E-state index in [9.17, 15) is 0 Å². The van der Waals surface area contributed by atoms with Crippen LogP contribution in [-0.2, 0) is 19.2 Å². The molecule has 0 aromatic heterocycles. The first-order valence-electron chi connectivity index (χ1n) is 6.09. The summed E-state index contributed by atoms with van der Waals surface area (Å²) >= 11 is 0. The van der Waals surface area contributed by atoms with Gasteiger partial charge in [-0.05, 0) is 6.42 Å². The predicted octanol–water partition coefficient (Wildman–Crippen LogP) is -0.982. The van der Waals surface area contributed by atoms with E-state index in [0.717, 1.165) is 27.7 Å². The molecule has 1 atom stereocenters. The number of aliphatic hydroxyl groups is 1. The van der Waals surface area contributed by atoms with Crippen LogP contribution in [0.2, 0.25) is 0 Å². The van der Waals surface area contributed by atoms with E-state index in [1.165, 1.54) is 0 Å². The molecule has 0 aromatic rings. The number of hydrogen-bond acceptors (Lipinski definition) is 7. The molecule has 0 fully saturated rings. The van der Waals surface area contributed by atoms with Crippen LogP contribution in [0.4, 0.5) is 0 Å². The summed E-state index contributed by atoms with van der Waals surface area (Å²) in [4.78, 5) is 36.0. The molecule has 0 amide bonds. The van der Waals surface area contributed by atoms with Crippen molar-refractivity contribution in [3.05, 3.63) is 0 Å². The van der Waals surface area contributed by atoms with Crippen LogP contribution in [0.1, 0.15) is 34.1 Å². The van der Waals surface area contributed by atoms with Crippen molar-refractivity contribution in [3.63, 3.8) is 0 Å². The van der Waals surface area contributed by atoms with Crippen molar-refractivity contribution < 1.29 is 44.7 Å². The topological polar surface area (TPSA) is 221 Å². The number of carboxylic acid groups (broad SMARTS) is 4. The molecule has 0 spiro atoms. The Morgan fingerprint density at radius 1 is 0.783 bits per heavy atom. The third kappa shape index (κ3) is 818. The van der Waals surface area contributed by atoms with Crippen molar-refractivity contribution in [3.8, 4) is 0 Å². The molecule has 0 heterocycles. The zero-order valence-corrected chi connectivity index (χ0v) is 13.7. The van der Waals surface area contributed by atoms with Crippen LogP contribution >= 0.6 is 0 Å². The molecule has 11 heteroatoms. The lowest BCUT2D eigenvalue weighted by Crippen LogP contribution is -2.30. The van der Waals surface area contributed by atoms with Crippen molar-refractivity contribution in [2.45, 2.75) is 40.2 Å². The number of rotatable bonds is 3. The van der Waals surface area contributed by atoms with Crippen LogP contribution in [0.5, 0.6) is 0 Å². The Morgan fingerprint density at radius 2 is 0.957 bits per heavy atom. The molecular formula is C12H28N2O9. The van der Waals surface area contributed by atoms with Crippen LogP contribution in [-0.4, -0.2) is 68.6 Å². The standard InChI is InChI=1S/C4H12N2O.4C2H4O2/c5-3-4(6)1-2-7;4*1-2(3)4/h4,7H,1-3,5-6H2;4*1H3,(H,3,4). The SMILES string of the molecule is CC(=O)O.CC(=O)O.CC(=O)O.CC(=O)O.NCC(N)CCO. The van der Waals surface area contributed by atoms with Gasteiger partial charge in [0, 0.05) is 46.9 Å². The van der Waals surface area contributed by atoms with E-state index in [1.54, 1.807) is 0 Å². The monoisotopic (exact) mass is 344 g/mol. The van der Waals surface area contributed by atoms with Crippen molar-refractivity contribution in [1.82, 2.24) is 0 Å². The molecule has 140 valence electrons. The van der Waals surface area contributed by atoms with Crippen LogP contribution in [0.15, 0.2) is 0 Å². The second kappa shape index (κ2) is 28.0. The summed E-state index contributed by atoms with van der Waals surface area (Å²) in [6.07, 6.45) is 0.608. The fourth-order valence-corrected chi connectivity index (χ4v) is 0.284. The highest BCUT2D eigenvalue weighted by atomic mass is 16.4. The summed E-state index contributed by atoms with van der Waals surface area (Å²) in [5.41, 5.74) is 10.4. The zero-order chi connectivity index (χ0) is 20.0. The van der Waals surface area contributed by atoms with E-state index in [2.05, 4.69) is 0 Å². The average Bonchev–Trinajstić information content (AvgIpc) is 2.26. The van der Waals surface area contributed by atoms with Crippen molar-refractivity contribution >= 4 is 23.9 Å². The van der Waals surface area contributed by atoms with Gasteiger partial charge in [0.25, 0.3) is 23.9 Å². The minimum absolute atomic E-state index is 0.0231. The molecule has 0 bridgehead atoms. The molecule has 11 nitrogen and oxygen atoms in total. The van der Waals surface area contributed by atoms with E-state index >= 15 is 0 Å². The highest BCUT2D eigenvalue weighted by Gasteiger charge is 1.93. The Balaban J connectivity index is -0.0000000604. The number of hydrogen-bond donors (Lipinski definition) is 7. The first-order chi connectivity index (χ1) is 10.2. The summed E-state index contributed by atoms with van der Waals surface area (Å²) in [6, 6.07) is -0.0231. The fourth-order valence-electron chi connectivity index (χ4n) is 0.284. The molecule has 9 N–H and O–H groups in total. The second-order valence-electron chi connectivity index (χ2n) is 3.58. The summed E-state index contributed by atoms with van der Waals surface area (Å²) < 4.78 is 0. The Kier molecular flexibility index (Phi) is 39.7. The van der Waals surface area contributed by atoms with Crippen LogP contribution in [0.25, 0.3) is 0 Å². The maximum absolute atomic E-state index is 9.00. The lowest BCUT2D eigenvalue weighted by atomic mass is 10.2. The maximum atomic E-state index is 9.00. The minimum atomic E-state index is -0.833. The van der Waals surface area contributed by atoms with Gasteiger partial charge in [-0.2, -0.15) is 0 Å². The summed E-state index contributed by atoms with van der Waals surface area (Å²) in [5.74, 6) is -3.33. The lowest BCUT2D eigenvalue weighted by Gasteiger charge is -2.02. The van der Waals surface area contributed by atoms with Gasteiger partial charge in [0.15, 0.2) is 0 Å². The molecule has 0 saturated carbocycles. The van der Waals surface area contributed by atoms with Crippen molar-refractivity contribution in [1.29, 1.82) is 0 Å². The molecule has 0 radical (unpaired) electrons. The van der Waals surface area contributed by atoms with Gasteiger partial charge in [-0.1, -0.05) is 0 Å². The molecular weight excluding hydrogens is 316 g/mol. The highest BCUT2D eigenvalue weighted by molar-refractivity contribution is 5.63. The Morgan fingerprint density at radius 3 is 1.00 bits per heavy atom. The van der Waals surface area contributed by atoms with Gasteiger partial charge in [-0.15, -0.1) is 0 Å². The van der Waals surface area contributed by atoms with Gasteiger partial charge in [-0.3, -0.25) is 19.2 Å². The summed E-state index contributed by atoms with van der Waals surface area (Å²) in [6.45, 7) is 4.93. The molecule has 0 aliphatic heterocycles. The van der Waals surface area contributed by atoms with E-state index in [1.807, 2.05) is 0 Å². The number of carboxylic acids is 4. The predicted molar refractivity (Wildman–Crippen MR) is 82.0 cm³/mol. The van der Waals surface area contributed by atoms with Crippen LogP contribution in [0, 0.1) is 0 Å². The molecule has 0 aliphatic carbocycles. The van der Waals surface area contributed by atoms with Gasteiger partial charge in [-0.25, -0.2) is 0 Å². The third-order valence-corrected chi connectivity index (χ3v) is 0.803. The molecule has 1 unspecified atom stereocenters. The number of aliphatic hydroxyl groups excluding tert-OH is 1. The first kappa shape index (κ1) is 32.6. The largest absolute Gasteiger partial charge is 0.481 e. The van der Waals surface area contributed by atoms with Gasteiger partial charge in [0.05, 0.1) is 0 Å². The second-order valence-corrected chi connectivity index (χ2v) is 3.58. The van der Waals surface area contributed by atoms with Crippen LogP contribution in [0.3, 0.4) is 0 Å². The van der Waals surface area contributed by atoms with E-state index in [0.29, 0.717) is 13.0 Å². The lowest BCUT2D eigenvalue weighted by molar-refractivity contribution is -0.135. The molecule has 23 heavy (non-hydrogen) atoms. The van der Waals surface area contributed by atoms with Gasteiger partial charge in [0.2, 0.25) is 0 Å². The summed E-state index contributed by atoms with van der Waals surface area (Å²) in [5, 5.41) is 37.9. The summed E-state index contributed by atoms with van der Waals surface area (Å²) in [7, 11) is 0. The Bertz CT molecular complexity index is 245. The van der Waals surface area contributed by atoms with Crippen LogP contribution < -0.4 is 11.5 Å². The Hall–Kier alpha value is -2.24. The zero-order valence-electron chi connectivity index (χ0n) is 13.7. The van der Waals surface area contributed by atoms with Gasteiger partial charge >= 0.3 is 0 Å². The van der Waals surface area contributed by atoms with E-state index in [4.69, 9.17) is 56.2 Å². The number of carbonyl (C=O) groups is 4. The normalized spacial score (nSPS) is 8.65. The fraction of sp³-hybridized carbons (Fsp3) is 0.667. The smallest absolute Gasteiger partial charge is 0.300 e. The minimum Gasteiger partial charge on any atom is -0.481 e. The molecule has 0 aromatic carbocycles. The number of nitrogens with two attached hydrogens (primary N) is 2. The Labute approximate surface area is 134 Å². The average molecular weight is 344 g/mol. The first-order valence-corrected chi connectivity index (χ1v) is 6.09. The third-order valence-electron chi connectivity index (χ3n) is 0.803. The molecule has 0 saturated heterocycles.